The van der Waals surface area contributed by atoms with Crippen LogP contribution in [0.15, 0.2) is 54.6 Å². The first kappa shape index (κ1) is 20.4. The standard InChI is InChI=1S/C22H24N2O5/c1-23(18-7-9-19(10-8-18)29-15-20(25)26)21(27)17-11-13-24(14-12-17)22(28)16-5-3-2-4-6-16/h2-10,17H,11-15H2,1H3,(H,25,26). The molecule has 0 aliphatic carbocycles. The van der Waals surface area contributed by atoms with Gasteiger partial charge in [0.05, 0.1) is 0 Å². The van der Waals surface area contributed by atoms with E-state index >= 15 is 0 Å². The summed E-state index contributed by atoms with van der Waals surface area (Å²) in [5.41, 5.74) is 1.38. The maximum Gasteiger partial charge on any atom is 0.341 e. The normalized spacial score (nSPS) is 14.3. The lowest BCUT2D eigenvalue weighted by molar-refractivity contribution is -0.139. The highest BCUT2D eigenvalue weighted by Crippen LogP contribution is 2.25. The smallest absolute Gasteiger partial charge is 0.341 e. The number of rotatable bonds is 6. The second-order valence-corrected chi connectivity index (χ2v) is 7.01. The van der Waals surface area contributed by atoms with Gasteiger partial charge in [-0.25, -0.2) is 4.79 Å². The Balaban J connectivity index is 1.54. The van der Waals surface area contributed by atoms with Crippen LogP contribution in [0.2, 0.25) is 0 Å². The molecule has 1 saturated heterocycles. The molecule has 29 heavy (non-hydrogen) atoms. The largest absolute Gasteiger partial charge is 0.482 e. The van der Waals surface area contributed by atoms with Gasteiger partial charge < -0.3 is 19.6 Å². The third kappa shape index (κ3) is 5.13. The molecule has 0 bridgehead atoms. The molecule has 0 unspecified atom stereocenters. The van der Waals surface area contributed by atoms with Gasteiger partial charge >= 0.3 is 5.97 Å². The van der Waals surface area contributed by atoms with Crippen molar-refractivity contribution < 1.29 is 24.2 Å². The molecule has 1 heterocycles. The van der Waals surface area contributed by atoms with Crippen molar-refractivity contribution >= 4 is 23.5 Å². The summed E-state index contributed by atoms with van der Waals surface area (Å²) in [7, 11) is 1.72. The molecular formula is C22H24N2O5. The lowest BCUT2D eigenvalue weighted by Gasteiger charge is -2.33. The van der Waals surface area contributed by atoms with E-state index in [9.17, 15) is 14.4 Å². The Kier molecular flexibility index (Phi) is 6.49. The van der Waals surface area contributed by atoms with Crippen molar-refractivity contribution in [3.8, 4) is 5.75 Å². The Morgan fingerprint density at radius 3 is 2.24 bits per heavy atom. The van der Waals surface area contributed by atoms with Crippen LogP contribution in [-0.2, 0) is 9.59 Å². The molecule has 1 N–H and O–H groups in total. The summed E-state index contributed by atoms with van der Waals surface area (Å²) in [5, 5.41) is 8.65. The van der Waals surface area contributed by atoms with Crippen LogP contribution in [0.25, 0.3) is 0 Å². The molecule has 2 amide bonds. The summed E-state index contributed by atoms with van der Waals surface area (Å²) in [5.74, 6) is -0.733. The molecule has 0 spiro atoms. The topological polar surface area (TPSA) is 87.2 Å². The number of carboxylic acid groups (broad SMARTS) is 1. The number of carboxylic acids is 1. The van der Waals surface area contributed by atoms with Gasteiger partial charge in [0.15, 0.2) is 6.61 Å². The van der Waals surface area contributed by atoms with E-state index in [2.05, 4.69) is 0 Å². The third-order valence-electron chi connectivity index (χ3n) is 5.07. The molecule has 0 saturated carbocycles. The van der Waals surface area contributed by atoms with Crippen molar-refractivity contribution in [3.63, 3.8) is 0 Å². The van der Waals surface area contributed by atoms with Crippen LogP contribution in [-0.4, -0.2) is 54.5 Å². The summed E-state index contributed by atoms with van der Waals surface area (Å²) < 4.78 is 5.11. The molecule has 1 fully saturated rings. The van der Waals surface area contributed by atoms with E-state index < -0.39 is 12.6 Å². The fraction of sp³-hybridized carbons (Fsp3) is 0.318. The Bertz CT molecular complexity index is 859. The zero-order valence-electron chi connectivity index (χ0n) is 16.3. The predicted octanol–water partition coefficient (Wildman–Crippen LogP) is 2.67. The van der Waals surface area contributed by atoms with Gasteiger partial charge in [-0.1, -0.05) is 18.2 Å². The third-order valence-corrected chi connectivity index (χ3v) is 5.07. The highest BCUT2D eigenvalue weighted by Gasteiger charge is 2.29. The second kappa shape index (κ2) is 9.23. The zero-order valence-corrected chi connectivity index (χ0v) is 16.3. The predicted molar refractivity (Wildman–Crippen MR) is 108 cm³/mol. The van der Waals surface area contributed by atoms with E-state index in [0.717, 1.165) is 0 Å². The number of hydrogen-bond donors (Lipinski definition) is 1. The maximum atomic E-state index is 12.9. The van der Waals surface area contributed by atoms with Crippen LogP contribution < -0.4 is 9.64 Å². The summed E-state index contributed by atoms with van der Waals surface area (Å²) in [4.78, 5) is 39.4. The number of nitrogens with zero attached hydrogens (tertiary/aromatic N) is 2. The van der Waals surface area contributed by atoms with Crippen molar-refractivity contribution in [2.75, 3.05) is 31.6 Å². The molecule has 2 aromatic carbocycles. The lowest BCUT2D eigenvalue weighted by atomic mass is 9.94. The van der Waals surface area contributed by atoms with Gasteiger partial charge in [0.2, 0.25) is 5.91 Å². The molecular weight excluding hydrogens is 372 g/mol. The molecule has 0 radical (unpaired) electrons. The minimum absolute atomic E-state index is 0.00167. The first-order valence-electron chi connectivity index (χ1n) is 9.52. The molecule has 1 aliphatic rings. The van der Waals surface area contributed by atoms with Gasteiger partial charge in [0, 0.05) is 37.3 Å². The Hall–Kier alpha value is -3.35. The molecule has 152 valence electrons. The van der Waals surface area contributed by atoms with E-state index in [0.29, 0.717) is 42.9 Å². The summed E-state index contributed by atoms with van der Waals surface area (Å²) in [6, 6.07) is 15.9. The Labute approximate surface area is 169 Å². The monoisotopic (exact) mass is 396 g/mol. The van der Waals surface area contributed by atoms with Crippen LogP contribution in [0.1, 0.15) is 23.2 Å². The minimum Gasteiger partial charge on any atom is -0.482 e. The van der Waals surface area contributed by atoms with Crippen LogP contribution in [0.5, 0.6) is 5.75 Å². The SMILES string of the molecule is CN(C(=O)C1CCN(C(=O)c2ccccc2)CC1)c1ccc(OCC(=O)O)cc1. The van der Waals surface area contributed by atoms with Gasteiger partial charge in [-0.15, -0.1) is 0 Å². The molecule has 2 aromatic rings. The van der Waals surface area contributed by atoms with Gasteiger partial charge in [-0.2, -0.15) is 0 Å². The molecule has 7 nitrogen and oxygen atoms in total. The zero-order chi connectivity index (χ0) is 20.8. The van der Waals surface area contributed by atoms with Crippen LogP contribution in [0.3, 0.4) is 0 Å². The lowest BCUT2D eigenvalue weighted by Crippen LogP contribution is -2.43. The van der Waals surface area contributed by atoms with E-state index in [-0.39, 0.29) is 17.7 Å². The number of likely N-dealkylation sites (tertiary alicyclic amines) is 1. The van der Waals surface area contributed by atoms with Gasteiger partial charge in [0.25, 0.3) is 5.91 Å². The number of carbonyl (C=O) groups is 3. The summed E-state index contributed by atoms with van der Waals surface area (Å²) in [6.45, 7) is 0.703. The van der Waals surface area contributed by atoms with Crippen LogP contribution in [0.4, 0.5) is 5.69 Å². The Morgan fingerprint density at radius 1 is 1.03 bits per heavy atom. The van der Waals surface area contributed by atoms with Crippen molar-refractivity contribution in [2.45, 2.75) is 12.8 Å². The maximum absolute atomic E-state index is 12.9. The first-order valence-corrected chi connectivity index (χ1v) is 9.52. The number of carbonyl (C=O) groups excluding carboxylic acids is 2. The second-order valence-electron chi connectivity index (χ2n) is 7.01. The van der Waals surface area contributed by atoms with Crippen molar-refractivity contribution in [1.82, 2.24) is 4.90 Å². The van der Waals surface area contributed by atoms with Gasteiger partial charge in [-0.05, 0) is 49.2 Å². The average Bonchev–Trinajstić information content (AvgIpc) is 2.77. The van der Waals surface area contributed by atoms with E-state index in [4.69, 9.17) is 9.84 Å². The molecule has 7 heteroatoms. The van der Waals surface area contributed by atoms with Crippen molar-refractivity contribution in [3.05, 3.63) is 60.2 Å². The number of benzene rings is 2. The number of piperidine rings is 1. The number of anilines is 1. The molecule has 0 atom stereocenters. The van der Waals surface area contributed by atoms with Crippen LogP contribution >= 0.6 is 0 Å². The molecule has 3 rings (SSSR count). The Morgan fingerprint density at radius 2 is 1.66 bits per heavy atom. The van der Waals surface area contributed by atoms with Crippen LogP contribution in [0, 0.1) is 5.92 Å². The highest BCUT2D eigenvalue weighted by molar-refractivity contribution is 5.96. The van der Waals surface area contributed by atoms with Gasteiger partial charge in [0.1, 0.15) is 5.75 Å². The number of hydrogen-bond acceptors (Lipinski definition) is 4. The quantitative estimate of drug-likeness (QED) is 0.811. The highest BCUT2D eigenvalue weighted by atomic mass is 16.5. The number of aliphatic carboxylic acids is 1. The molecule has 1 aliphatic heterocycles. The first-order chi connectivity index (χ1) is 14.0. The van der Waals surface area contributed by atoms with E-state index in [1.54, 1.807) is 53.2 Å². The number of amides is 2. The minimum atomic E-state index is -1.04. The van der Waals surface area contributed by atoms with E-state index in [1.165, 1.54) is 0 Å². The fourth-order valence-corrected chi connectivity index (χ4v) is 3.40. The number of ether oxygens (including phenoxy) is 1. The van der Waals surface area contributed by atoms with Crippen molar-refractivity contribution in [2.24, 2.45) is 5.92 Å². The average molecular weight is 396 g/mol. The summed E-state index contributed by atoms with van der Waals surface area (Å²) >= 11 is 0. The fourth-order valence-electron chi connectivity index (χ4n) is 3.40. The summed E-state index contributed by atoms with van der Waals surface area (Å²) in [6.07, 6.45) is 1.25. The van der Waals surface area contributed by atoms with Gasteiger partial charge in [-0.3, -0.25) is 9.59 Å². The molecule has 0 aromatic heterocycles. The van der Waals surface area contributed by atoms with E-state index in [1.807, 2.05) is 18.2 Å². The van der Waals surface area contributed by atoms with Crippen molar-refractivity contribution in [1.29, 1.82) is 0 Å².